The molecule has 1 aliphatic heterocycles. The lowest BCUT2D eigenvalue weighted by Crippen LogP contribution is -2.31. The average molecular weight is 515 g/mol. The van der Waals surface area contributed by atoms with Crippen molar-refractivity contribution < 1.29 is 24.7 Å². The Balaban J connectivity index is 1.85. The molecule has 0 atom stereocenters. The molecule has 174 valence electrons. The van der Waals surface area contributed by atoms with Gasteiger partial charge in [0.1, 0.15) is 0 Å². The summed E-state index contributed by atoms with van der Waals surface area (Å²) in [7, 11) is -5.95. The van der Waals surface area contributed by atoms with Gasteiger partial charge in [0.15, 0.2) is 0 Å². The molecule has 12 heteroatoms. The smallest absolute Gasteiger partial charge is 0.303 e. The van der Waals surface area contributed by atoms with Gasteiger partial charge in [-0.2, -0.15) is 0 Å². The third-order valence-electron chi connectivity index (χ3n) is 5.22. The van der Waals surface area contributed by atoms with Gasteiger partial charge in [-0.3, -0.25) is 0 Å². The minimum Gasteiger partial charge on any atom is -0.425 e. The SMILES string of the molecule is CCCCCCCCCCCCCCCCC[SiH]1O[SiH2]O[SiH2]O[SiH2]O[SiH2]O[SiH2]O1. The van der Waals surface area contributed by atoms with Crippen LogP contribution in [0.1, 0.15) is 103 Å². The molecule has 6 nitrogen and oxygen atoms in total. The Labute approximate surface area is 193 Å². The second kappa shape index (κ2) is 23.7. The maximum absolute atomic E-state index is 5.97. The standard InChI is InChI=1S/C17H46O6Si6/c1-2-3-4-5-6-7-8-9-10-11-12-13-14-15-16-17-29-22-27-20-25-18-24-19-26-21-28-23-29/h29H,2-17,24-28H2,1H3. The van der Waals surface area contributed by atoms with Crippen molar-refractivity contribution in [2.45, 2.75) is 109 Å². The van der Waals surface area contributed by atoms with Gasteiger partial charge in [-0.1, -0.05) is 103 Å². The van der Waals surface area contributed by atoms with E-state index in [1.807, 2.05) is 0 Å². The van der Waals surface area contributed by atoms with Gasteiger partial charge in [0.25, 0.3) is 50.0 Å². The van der Waals surface area contributed by atoms with Gasteiger partial charge in [0.05, 0.1) is 0 Å². The highest BCUT2D eigenvalue weighted by molar-refractivity contribution is 6.59. The van der Waals surface area contributed by atoms with E-state index in [1.54, 1.807) is 0 Å². The highest BCUT2D eigenvalue weighted by atomic mass is 28.4. The summed E-state index contributed by atoms with van der Waals surface area (Å²) in [5.41, 5.74) is 0. The van der Waals surface area contributed by atoms with Crippen molar-refractivity contribution in [1.29, 1.82) is 0 Å². The van der Waals surface area contributed by atoms with Crippen molar-refractivity contribution in [2.24, 2.45) is 0 Å². The second-order valence-electron chi connectivity index (χ2n) is 7.91. The predicted molar refractivity (Wildman–Crippen MR) is 136 cm³/mol. The fraction of sp³-hybridized carbons (Fsp3) is 1.00. The highest BCUT2D eigenvalue weighted by Gasteiger charge is 2.14. The molecule has 0 aromatic heterocycles. The molecule has 0 aromatic carbocycles. The topological polar surface area (TPSA) is 55.4 Å². The quantitative estimate of drug-likeness (QED) is 0.228. The zero-order valence-corrected chi connectivity index (χ0v) is 27.1. The van der Waals surface area contributed by atoms with Crippen LogP contribution < -0.4 is 0 Å². The van der Waals surface area contributed by atoms with E-state index in [2.05, 4.69) is 6.92 Å². The zero-order valence-electron chi connectivity index (χ0n) is 18.9. The lowest BCUT2D eigenvalue weighted by atomic mass is 10.0. The van der Waals surface area contributed by atoms with Crippen molar-refractivity contribution >= 4 is 59.3 Å². The van der Waals surface area contributed by atoms with Crippen LogP contribution in [0, 0.1) is 0 Å². The van der Waals surface area contributed by atoms with Crippen LogP contribution >= 0.6 is 0 Å². The van der Waals surface area contributed by atoms with Crippen molar-refractivity contribution in [3.05, 3.63) is 0 Å². The summed E-state index contributed by atoms with van der Waals surface area (Å²) in [6.07, 6.45) is 21.0. The van der Waals surface area contributed by atoms with Crippen molar-refractivity contribution in [2.75, 3.05) is 0 Å². The van der Waals surface area contributed by atoms with Gasteiger partial charge >= 0.3 is 9.28 Å². The van der Waals surface area contributed by atoms with Crippen LogP contribution in [-0.2, 0) is 24.7 Å². The van der Waals surface area contributed by atoms with Crippen LogP contribution in [0.15, 0.2) is 0 Å². The molecule has 29 heavy (non-hydrogen) atoms. The molecule has 1 aliphatic rings. The molecular formula is C17H46O6Si6. The summed E-state index contributed by atoms with van der Waals surface area (Å²) in [5, 5.41) is 0. The highest BCUT2D eigenvalue weighted by Crippen LogP contribution is 2.14. The van der Waals surface area contributed by atoms with Gasteiger partial charge in [-0.05, 0) is 6.04 Å². The van der Waals surface area contributed by atoms with E-state index in [1.165, 1.54) is 96.3 Å². The average Bonchev–Trinajstić information content (AvgIpc) is 2.72. The molecular weight excluding hydrogens is 469 g/mol. The molecule has 0 saturated carbocycles. The lowest BCUT2D eigenvalue weighted by Gasteiger charge is -2.18. The molecule has 0 aliphatic carbocycles. The molecule has 0 amide bonds. The van der Waals surface area contributed by atoms with Crippen LogP contribution in [0.2, 0.25) is 6.04 Å². The van der Waals surface area contributed by atoms with Crippen LogP contribution in [0.3, 0.4) is 0 Å². The van der Waals surface area contributed by atoms with E-state index in [4.69, 9.17) is 24.7 Å². The molecule has 0 unspecified atom stereocenters. The Morgan fingerprint density at radius 1 is 0.448 bits per heavy atom. The van der Waals surface area contributed by atoms with Crippen molar-refractivity contribution in [1.82, 2.24) is 0 Å². The summed E-state index contributed by atoms with van der Waals surface area (Å²) in [4.78, 5) is 0. The molecule has 0 bridgehead atoms. The van der Waals surface area contributed by atoms with E-state index < -0.39 is 59.3 Å². The van der Waals surface area contributed by atoms with Crippen LogP contribution in [0.25, 0.3) is 0 Å². The zero-order chi connectivity index (χ0) is 20.7. The maximum Gasteiger partial charge on any atom is 0.303 e. The lowest BCUT2D eigenvalue weighted by molar-refractivity contribution is 0.333. The van der Waals surface area contributed by atoms with Gasteiger partial charge < -0.3 is 24.7 Å². The summed E-state index contributed by atoms with van der Waals surface area (Å²) >= 11 is 0. The van der Waals surface area contributed by atoms with E-state index in [0.29, 0.717) is 0 Å². The van der Waals surface area contributed by atoms with Crippen molar-refractivity contribution in [3.63, 3.8) is 0 Å². The second-order valence-corrected chi connectivity index (χ2v) is 19.7. The van der Waals surface area contributed by atoms with Gasteiger partial charge in [0, 0.05) is 0 Å². The number of hydrogen-bond acceptors (Lipinski definition) is 6. The summed E-state index contributed by atoms with van der Waals surface area (Å²) in [6, 6.07) is 1.10. The summed E-state index contributed by atoms with van der Waals surface area (Å²) in [6.45, 7) is 2.29. The Morgan fingerprint density at radius 2 is 0.793 bits per heavy atom. The monoisotopic (exact) mass is 514 g/mol. The number of hydrogen-bond donors (Lipinski definition) is 0. The maximum atomic E-state index is 5.97. The summed E-state index contributed by atoms with van der Waals surface area (Å²) < 4.78 is 34.1. The number of unbranched alkanes of at least 4 members (excludes halogenated alkanes) is 14. The van der Waals surface area contributed by atoms with Crippen LogP contribution in [-0.4, -0.2) is 59.3 Å². The molecule has 0 N–H and O–H groups in total. The molecule has 1 fully saturated rings. The first-order valence-electron chi connectivity index (χ1n) is 12.0. The fourth-order valence-electron chi connectivity index (χ4n) is 3.46. The van der Waals surface area contributed by atoms with E-state index in [-0.39, 0.29) is 0 Å². The van der Waals surface area contributed by atoms with E-state index in [0.717, 1.165) is 6.04 Å². The molecule has 1 saturated heterocycles. The van der Waals surface area contributed by atoms with Crippen LogP contribution in [0.4, 0.5) is 0 Å². The molecule has 1 heterocycles. The minimum absolute atomic E-state index is 0.844. The first kappa shape index (κ1) is 28.1. The minimum atomic E-state index is -1.56. The fourth-order valence-corrected chi connectivity index (χ4v) is 16.1. The molecule has 0 aromatic rings. The Kier molecular flexibility index (Phi) is 23.0. The normalized spacial score (nSPS) is 23.7. The Hall–Kier alpha value is 1.06. The molecule has 0 radical (unpaired) electrons. The summed E-state index contributed by atoms with van der Waals surface area (Å²) in [5.74, 6) is 0. The Morgan fingerprint density at radius 3 is 1.21 bits per heavy atom. The predicted octanol–water partition coefficient (Wildman–Crippen LogP) is 1.19. The molecule has 1 rings (SSSR count). The van der Waals surface area contributed by atoms with E-state index in [9.17, 15) is 0 Å². The van der Waals surface area contributed by atoms with Gasteiger partial charge in [0.2, 0.25) is 0 Å². The van der Waals surface area contributed by atoms with Gasteiger partial charge in [-0.25, -0.2) is 0 Å². The number of rotatable bonds is 16. The van der Waals surface area contributed by atoms with Crippen LogP contribution in [0.5, 0.6) is 0 Å². The third-order valence-corrected chi connectivity index (χ3v) is 15.5. The van der Waals surface area contributed by atoms with E-state index >= 15 is 0 Å². The van der Waals surface area contributed by atoms with Crippen molar-refractivity contribution in [3.8, 4) is 0 Å². The first-order chi connectivity index (χ1) is 14.4. The molecule has 0 spiro atoms. The largest absolute Gasteiger partial charge is 0.425 e. The Bertz CT molecular complexity index is 323. The van der Waals surface area contributed by atoms with Gasteiger partial charge in [-0.15, -0.1) is 0 Å². The third kappa shape index (κ3) is 20.7. The first-order valence-corrected chi connectivity index (χ1v) is 19.5.